The van der Waals surface area contributed by atoms with E-state index in [1.807, 2.05) is 12.1 Å². The van der Waals surface area contributed by atoms with Gasteiger partial charge in [-0.25, -0.2) is 8.78 Å². The first-order valence-corrected chi connectivity index (χ1v) is 13.4. The van der Waals surface area contributed by atoms with Crippen molar-refractivity contribution in [3.05, 3.63) is 101 Å². The van der Waals surface area contributed by atoms with Crippen LogP contribution in [0.4, 0.5) is 14.5 Å². The summed E-state index contributed by atoms with van der Waals surface area (Å²) in [5.41, 5.74) is 3.66. The molecule has 8 heteroatoms. The summed E-state index contributed by atoms with van der Waals surface area (Å²) >= 11 is 0. The summed E-state index contributed by atoms with van der Waals surface area (Å²) in [7, 11) is 0. The van der Waals surface area contributed by atoms with Crippen LogP contribution in [0.2, 0.25) is 0 Å². The average Bonchev–Trinajstić information content (AvgIpc) is 3.52. The van der Waals surface area contributed by atoms with Gasteiger partial charge >= 0.3 is 0 Å². The summed E-state index contributed by atoms with van der Waals surface area (Å²) in [6.45, 7) is 5.20. The van der Waals surface area contributed by atoms with E-state index in [1.165, 1.54) is 30.7 Å². The summed E-state index contributed by atoms with van der Waals surface area (Å²) in [4.78, 5) is 19.1. The van der Waals surface area contributed by atoms with Gasteiger partial charge in [-0.15, -0.1) is 0 Å². The highest BCUT2D eigenvalue weighted by molar-refractivity contribution is 5.94. The summed E-state index contributed by atoms with van der Waals surface area (Å²) in [6, 6.07) is 21.8. The first-order valence-electron chi connectivity index (χ1n) is 13.4. The number of hydrogen-bond acceptors (Lipinski definition) is 5. The molecular formula is C31H32F2N4O2. The Morgan fingerprint density at radius 2 is 1.64 bits per heavy atom. The van der Waals surface area contributed by atoms with Gasteiger partial charge in [-0.05, 0) is 60.4 Å². The third-order valence-corrected chi connectivity index (χ3v) is 7.51. The van der Waals surface area contributed by atoms with E-state index in [0.29, 0.717) is 44.9 Å². The van der Waals surface area contributed by atoms with Crippen molar-refractivity contribution in [1.29, 1.82) is 5.26 Å². The highest BCUT2D eigenvalue weighted by Gasteiger charge is 2.27. The SMILES string of the molecule is N#Cc1ccc(CO[C@H](CN2CCN(C(=O)c3cccc(F)c3F)CC2)c2cccc(N3CCCC3)c2)cc1. The van der Waals surface area contributed by atoms with Crippen molar-refractivity contribution in [3.8, 4) is 6.07 Å². The van der Waals surface area contributed by atoms with E-state index in [0.717, 1.165) is 30.3 Å². The van der Waals surface area contributed by atoms with Gasteiger partial charge in [-0.3, -0.25) is 9.69 Å². The van der Waals surface area contributed by atoms with Gasteiger partial charge in [-0.2, -0.15) is 5.26 Å². The Kier molecular flexibility index (Phi) is 8.50. The molecule has 0 radical (unpaired) electrons. The molecule has 2 heterocycles. The van der Waals surface area contributed by atoms with Gasteiger partial charge in [0.05, 0.1) is 29.9 Å². The number of nitrogens with zero attached hydrogens (tertiary/aromatic N) is 4. The van der Waals surface area contributed by atoms with Crippen LogP contribution >= 0.6 is 0 Å². The number of piperazine rings is 1. The van der Waals surface area contributed by atoms with Crippen molar-refractivity contribution in [2.24, 2.45) is 0 Å². The number of hydrogen-bond donors (Lipinski definition) is 0. The largest absolute Gasteiger partial charge is 0.372 e. The molecule has 0 spiro atoms. The number of nitriles is 1. The summed E-state index contributed by atoms with van der Waals surface area (Å²) in [5.74, 6) is -2.60. The number of anilines is 1. The topological polar surface area (TPSA) is 59.8 Å². The van der Waals surface area contributed by atoms with E-state index in [1.54, 1.807) is 17.0 Å². The fourth-order valence-electron chi connectivity index (χ4n) is 5.23. The molecular weight excluding hydrogens is 498 g/mol. The minimum absolute atomic E-state index is 0.203. The highest BCUT2D eigenvalue weighted by atomic mass is 19.2. The molecule has 0 aromatic heterocycles. The maximum absolute atomic E-state index is 14.2. The van der Waals surface area contributed by atoms with Crippen LogP contribution in [0.3, 0.4) is 0 Å². The molecule has 2 fully saturated rings. The quantitative estimate of drug-likeness (QED) is 0.403. The highest BCUT2D eigenvalue weighted by Crippen LogP contribution is 2.28. The molecule has 6 nitrogen and oxygen atoms in total. The van der Waals surface area contributed by atoms with Crippen molar-refractivity contribution in [3.63, 3.8) is 0 Å². The van der Waals surface area contributed by atoms with Gasteiger partial charge in [-0.1, -0.05) is 30.3 Å². The van der Waals surface area contributed by atoms with E-state index in [2.05, 4.69) is 40.1 Å². The van der Waals surface area contributed by atoms with Crippen molar-refractivity contribution < 1.29 is 18.3 Å². The Balaban J connectivity index is 1.27. The Bertz CT molecular complexity index is 1330. The number of amides is 1. The Hall–Kier alpha value is -3.80. The number of benzene rings is 3. The number of rotatable bonds is 8. The number of carbonyl (C=O) groups is 1. The van der Waals surface area contributed by atoms with Gasteiger partial charge in [0.1, 0.15) is 0 Å². The summed E-state index contributed by atoms with van der Waals surface area (Å²) in [5, 5.41) is 9.09. The lowest BCUT2D eigenvalue weighted by Gasteiger charge is -2.36. The van der Waals surface area contributed by atoms with E-state index >= 15 is 0 Å². The van der Waals surface area contributed by atoms with Crippen LogP contribution < -0.4 is 4.90 Å². The molecule has 0 aliphatic carbocycles. The molecule has 1 atom stereocenters. The molecule has 2 aliphatic heterocycles. The lowest BCUT2D eigenvalue weighted by molar-refractivity contribution is 0.00339. The standard InChI is InChI=1S/C31H32F2N4O2/c32-28-8-4-7-27(30(28)33)31(38)37-17-15-35(16-18-37)21-29(39-22-24-11-9-23(20-34)10-12-24)25-5-3-6-26(19-25)36-13-1-2-14-36/h3-12,19,29H,1-2,13-18,21-22H2/t29-/m1/s1. The lowest BCUT2D eigenvalue weighted by Crippen LogP contribution is -2.49. The molecule has 0 unspecified atom stereocenters. The summed E-state index contributed by atoms with van der Waals surface area (Å²) in [6.07, 6.45) is 2.20. The second-order valence-electron chi connectivity index (χ2n) is 10.1. The van der Waals surface area contributed by atoms with Crippen molar-refractivity contribution in [2.75, 3.05) is 50.7 Å². The zero-order valence-electron chi connectivity index (χ0n) is 21.9. The lowest BCUT2D eigenvalue weighted by atomic mass is 10.1. The predicted molar refractivity (Wildman–Crippen MR) is 145 cm³/mol. The first-order chi connectivity index (χ1) is 19.0. The molecule has 0 bridgehead atoms. The van der Waals surface area contributed by atoms with Crippen LogP contribution in [-0.4, -0.2) is 61.5 Å². The zero-order chi connectivity index (χ0) is 27.2. The van der Waals surface area contributed by atoms with Crippen molar-refractivity contribution in [1.82, 2.24) is 9.80 Å². The molecule has 39 heavy (non-hydrogen) atoms. The number of halogens is 2. The molecule has 0 N–H and O–H groups in total. The van der Waals surface area contributed by atoms with Gasteiger partial charge in [0.15, 0.2) is 11.6 Å². The smallest absolute Gasteiger partial charge is 0.257 e. The molecule has 2 saturated heterocycles. The van der Waals surface area contributed by atoms with Gasteiger partial charge in [0.2, 0.25) is 0 Å². The summed E-state index contributed by atoms with van der Waals surface area (Å²) < 4.78 is 34.3. The van der Waals surface area contributed by atoms with Crippen LogP contribution in [0.1, 0.15) is 46.0 Å². The van der Waals surface area contributed by atoms with E-state index in [4.69, 9.17) is 10.00 Å². The third kappa shape index (κ3) is 6.44. The second-order valence-corrected chi connectivity index (χ2v) is 10.1. The van der Waals surface area contributed by atoms with E-state index in [-0.39, 0.29) is 11.7 Å². The van der Waals surface area contributed by atoms with Crippen LogP contribution in [0.15, 0.2) is 66.7 Å². The normalized spacial score (nSPS) is 16.7. The van der Waals surface area contributed by atoms with E-state index < -0.39 is 17.5 Å². The number of ether oxygens (including phenoxy) is 1. The monoisotopic (exact) mass is 530 g/mol. The Morgan fingerprint density at radius 3 is 2.36 bits per heavy atom. The fraction of sp³-hybridized carbons (Fsp3) is 0.355. The second kappa shape index (κ2) is 12.4. The molecule has 2 aliphatic rings. The van der Waals surface area contributed by atoms with Gasteiger partial charge < -0.3 is 14.5 Å². The van der Waals surface area contributed by atoms with Gasteiger partial charge in [0.25, 0.3) is 5.91 Å². The molecule has 3 aromatic carbocycles. The van der Waals surface area contributed by atoms with Crippen molar-refractivity contribution in [2.45, 2.75) is 25.6 Å². The third-order valence-electron chi connectivity index (χ3n) is 7.51. The minimum Gasteiger partial charge on any atom is -0.372 e. The fourth-order valence-corrected chi connectivity index (χ4v) is 5.23. The Morgan fingerprint density at radius 1 is 0.923 bits per heavy atom. The average molecular weight is 531 g/mol. The molecule has 5 rings (SSSR count). The molecule has 202 valence electrons. The maximum atomic E-state index is 14.2. The van der Waals surface area contributed by atoms with Crippen LogP contribution in [0.5, 0.6) is 0 Å². The first kappa shape index (κ1) is 26.8. The Labute approximate surface area is 228 Å². The van der Waals surface area contributed by atoms with Crippen molar-refractivity contribution >= 4 is 11.6 Å². The zero-order valence-corrected chi connectivity index (χ0v) is 21.9. The van der Waals surface area contributed by atoms with Crippen LogP contribution in [0.25, 0.3) is 0 Å². The molecule has 0 saturated carbocycles. The predicted octanol–water partition coefficient (Wildman–Crippen LogP) is 5.15. The van der Waals surface area contributed by atoms with Crippen LogP contribution in [-0.2, 0) is 11.3 Å². The number of carbonyl (C=O) groups excluding carboxylic acids is 1. The van der Waals surface area contributed by atoms with Gasteiger partial charge in [0, 0.05) is 51.5 Å². The molecule has 1 amide bonds. The van der Waals surface area contributed by atoms with E-state index in [9.17, 15) is 13.6 Å². The minimum atomic E-state index is -1.10. The maximum Gasteiger partial charge on any atom is 0.257 e. The van der Waals surface area contributed by atoms with Crippen LogP contribution in [0, 0.1) is 23.0 Å². The molecule has 3 aromatic rings.